The molecule has 1 aromatic carbocycles. The van der Waals surface area contributed by atoms with Gasteiger partial charge < -0.3 is 22.1 Å². The minimum Gasteiger partial charge on any atom is -0.365 e. The van der Waals surface area contributed by atoms with E-state index in [1.807, 2.05) is 0 Å². The number of amides is 1. The smallest absolute Gasteiger partial charge is 0.252 e. The molecule has 170 valence electrons. The largest absolute Gasteiger partial charge is 0.365 e. The summed E-state index contributed by atoms with van der Waals surface area (Å²) in [5.41, 5.74) is 12.2. The molecule has 0 saturated heterocycles. The highest BCUT2D eigenvalue weighted by molar-refractivity contribution is 5.99. The fourth-order valence-corrected chi connectivity index (χ4v) is 3.99. The minimum absolute atomic E-state index is 0.0155. The van der Waals surface area contributed by atoms with Crippen molar-refractivity contribution >= 4 is 34.1 Å². The van der Waals surface area contributed by atoms with Crippen molar-refractivity contribution in [3.05, 3.63) is 41.6 Å². The Morgan fingerprint density at radius 1 is 1.19 bits per heavy atom. The molecular weight excluding hydrogens is 423 g/mol. The van der Waals surface area contributed by atoms with Gasteiger partial charge in [-0.15, -0.1) is 5.10 Å². The van der Waals surface area contributed by atoms with E-state index in [2.05, 4.69) is 20.7 Å². The first-order chi connectivity index (χ1) is 15.4. The highest BCUT2D eigenvalue weighted by Crippen LogP contribution is 2.28. The van der Waals surface area contributed by atoms with E-state index in [4.69, 9.17) is 11.5 Å². The van der Waals surface area contributed by atoms with Crippen LogP contribution in [0.5, 0.6) is 0 Å². The lowest BCUT2D eigenvalue weighted by molar-refractivity contribution is 0.100. The number of nitrogens with one attached hydrogen (secondary N) is 2. The quantitative estimate of drug-likeness (QED) is 0.441. The number of fused-ring (bicyclic) bond motifs is 1. The second kappa shape index (κ2) is 9.03. The molecule has 2 heterocycles. The maximum atomic E-state index is 14.7. The standard InChI is InChI=1S/C21H24F3N7O/c22-7-8-31-17-6-5-11(9-12(17)18(24)30-31)27-20-13(19(26)32)10-14(23)21(29-20)28-16-4-2-1-3-15(16)25/h5-6,9-10,15-16H,1-4,7-8,25H2,(H2,26,32)(H2,27,28,29). The molecular formula is C21H24F3N7O. The molecule has 11 heteroatoms. The minimum atomic E-state index is -0.872. The van der Waals surface area contributed by atoms with E-state index in [-0.39, 0.29) is 41.2 Å². The van der Waals surface area contributed by atoms with Crippen LogP contribution in [-0.2, 0) is 6.54 Å². The van der Waals surface area contributed by atoms with E-state index in [0.29, 0.717) is 11.2 Å². The SMILES string of the molecule is NC(=O)c1cc(F)c(NC2CCCCC2N)nc1Nc1ccc2c(c1)c(F)nn2CCF. The van der Waals surface area contributed by atoms with E-state index >= 15 is 0 Å². The lowest BCUT2D eigenvalue weighted by Gasteiger charge is -2.30. The van der Waals surface area contributed by atoms with Crippen LogP contribution in [0.1, 0.15) is 36.0 Å². The van der Waals surface area contributed by atoms with Crippen molar-refractivity contribution in [1.29, 1.82) is 0 Å². The van der Waals surface area contributed by atoms with Gasteiger partial charge in [-0.1, -0.05) is 12.8 Å². The number of nitrogens with two attached hydrogens (primary N) is 2. The Bertz CT molecular complexity index is 1150. The fraction of sp³-hybridized carbons (Fsp3) is 0.381. The zero-order valence-corrected chi connectivity index (χ0v) is 17.2. The summed E-state index contributed by atoms with van der Waals surface area (Å²) in [6.07, 6.45) is 3.59. The third-order valence-electron chi connectivity index (χ3n) is 5.65. The van der Waals surface area contributed by atoms with E-state index in [9.17, 15) is 18.0 Å². The van der Waals surface area contributed by atoms with Gasteiger partial charge in [0.05, 0.1) is 23.0 Å². The Labute approximate surface area is 182 Å². The van der Waals surface area contributed by atoms with Crippen molar-refractivity contribution in [2.75, 3.05) is 17.3 Å². The van der Waals surface area contributed by atoms with Crippen molar-refractivity contribution in [1.82, 2.24) is 14.8 Å². The Hall–Kier alpha value is -3.34. The molecule has 1 aliphatic rings. The molecule has 0 bridgehead atoms. The normalized spacial score (nSPS) is 18.6. The Morgan fingerprint density at radius 3 is 2.69 bits per heavy atom. The van der Waals surface area contributed by atoms with Crippen LogP contribution >= 0.6 is 0 Å². The summed E-state index contributed by atoms with van der Waals surface area (Å²) < 4.78 is 42.8. The van der Waals surface area contributed by atoms with Crippen LogP contribution in [0, 0.1) is 11.8 Å². The molecule has 32 heavy (non-hydrogen) atoms. The van der Waals surface area contributed by atoms with Crippen LogP contribution in [0.15, 0.2) is 24.3 Å². The summed E-state index contributed by atoms with van der Waals surface area (Å²) in [7, 11) is 0. The van der Waals surface area contributed by atoms with E-state index in [1.165, 1.54) is 10.7 Å². The number of carbonyl (C=O) groups excluding carboxylic acids is 1. The molecule has 8 nitrogen and oxygen atoms in total. The predicted octanol–water partition coefficient (Wildman–Crippen LogP) is 3.20. The highest BCUT2D eigenvalue weighted by atomic mass is 19.1. The van der Waals surface area contributed by atoms with Gasteiger partial charge in [0.2, 0.25) is 5.95 Å². The molecule has 3 aromatic rings. The van der Waals surface area contributed by atoms with Crippen LogP contribution < -0.4 is 22.1 Å². The number of primary amides is 1. The zero-order chi connectivity index (χ0) is 22.8. The lowest BCUT2D eigenvalue weighted by Crippen LogP contribution is -2.43. The number of aryl methyl sites for hydroxylation is 1. The number of carbonyl (C=O) groups is 1. The molecule has 0 spiro atoms. The molecule has 1 amide bonds. The Morgan fingerprint density at radius 2 is 1.97 bits per heavy atom. The number of halogens is 3. The fourth-order valence-electron chi connectivity index (χ4n) is 3.99. The van der Waals surface area contributed by atoms with Crippen molar-refractivity contribution < 1.29 is 18.0 Å². The van der Waals surface area contributed by atoms with Gasteiger partial charge in [-0.25, -0.2) is 13.8 Å². The number of alkyl halides is 1. The first-order valence-electron chi connectivity index (χ1n) is 10.4. The lowest BCUT2D eigenvalue weighted by atomic mass is 9.91. The zero-order valence-electron chi connectivity index (χ0n) is 17.2. The van der Waals surface area contributed by atoms with Crippen molar-refractivity contribution in [3.63, 3.8) is 0 Å². The van der Waals surface area contributed by atoms with Crippen LogP contribution in [0.25, 0.3) is 10.9 Å². The number of anilines is 3. The third kappa shape index (κ3) is 4.33. The monoisotopic (exact) mass is 447 g/mol. The highest BCUT2D eigenvalue weighted by Gasteiger charge is 2.24. The Kier molecular flexibility index (Phi) is 6.17. The average molecular weight is 447 g/mol. The first kappa shape index (κ1) is 21.9. The summed E-state index contributed by atoms with van der Waals surface area (Å²) in [6, 6.07) is 5.34. The second-order valence-electron chi connectivity index (χ2n) is 7.84. The van der Waals surface area contributed by atoms with Crippen LogP contribution in [0.4, 0.5) is 30.5 Å². The van der Waals surface area contributed by atoms with Crippen molar-refractivity contribution in [2.45, 2.75) is 44.3 Å². The maximum Gasteiger partial charge on any atom is 0.252 e. The van der Waals surface area contributed by atoms with E-state index < -0.39 is 24.3 Å². The van der Waals surface area contributed by atoms with Crippen molar-refractivity contribution in [3.8, 4) is 0 Å². The van der Waals surface area contributed by atoms with Gasteiger partial charge in [-0.3, -0.25) is 9.48 Å². The Balaban J connectivity index is 1.67. The van der Waals surface area contributed by atoms with Crippen molar-refractivity contribution in [2.24, 2.45) is 11.5 Å². The molecule has 0 aliphatic heterocycles. The molecule has 1 fully saturated rings. The number of nitrogens with zero attached hydrogens (tertiary/aromatic N) is 3. The summed E-state index contributed by atoms with van der Waals surface area (Å²) in [6.45, 7) is -0.755. The molecule has 2 aromatic heterocycles. The summed E-state index contributed by atoms with van der Waals surface area (Å²) >= 11 is 0. The van der Waals surface area contributed by atoms with E-state index in [1.54, 1.807) is 12.1 Å². The number of pyridine rings is 1. The summed E-state index contributed by atoms with van der Waals surface area (Å²) in [5, 5.41) is 9.80. The van der Waals surface area contributed by atoms with Gasteiger partial charge in [-0.05, 0) is 37.1 Å². The van der Waals surface area contributed by atoms with Gasteiger partial charge in [-0.2, -0.15) is 4.39 Å². The van der Waals surface area contributed by atoms with Gasteiger partial charge in [0.15, 0.2) is 11.6 Å². The van der Waals surface area contributed by atoms with Crippen LogP contribution in [0.2, 0.25) is 0 Å². The molecule has 1 aliphatic carbocycles. The average Bonchev–Trinajstić information content (AvgIpc) is 3.07. The molecule has 0 radical (unpaired) electrons. The molecule has 6 N–H and O–H groups in total. The maximum absolute atomic E-state index is 14.7. The number of hydrogen-bond acceptors (Lipinski definition) is 6. The van der Waals surface area contributed by atoms with Gasteiger partial charge >= 0.3 is 0 Å². The topological polar surface area (TPSA) is 124 Å². The van der Waals surface area contributed by atoms with Crippen LogP contribution in [0.3, 0.4) is 0 Å². The van der Waals surface area contributed by atoms with Crippen LogP contribution in [-0.4, -0.2) is 39.4 Å². The number of aromatic nitrogens is 3. The number of rotatable bonds is 7. The molecule has 4 rings (SSSR count). The van der Waals surface area contributed by atoms with E-state index in [0.717, 1.165) is 31.7 Å². The summed E-state index contributed by atoms with van der Waals surface area (Å²) in [4.78, 5) is 16.1. The van der Waals surface area contributed by atoms with Gasteiger partial charge in [0.1, 0.15) is 12.5 Å². The molecule has 2 unspecified atom stereocenters. The van der Waals surface area contributed by atoms with Gasteiger partial charge in [0, 0.05) is 17.8 Å². The predicted molar refractivity (Wildman–Crippen MR) is 116 cm³/mol. The first-order valence-corrected chi connectivity index (χ1v) is 10.4. The number of benzene rings is 1. The second-order valence-corrected chi connectivity index (χ2v) is 7.84. The molecule has 1 saturated carbocycles. The number of hydrogen-bond donors (Lipinski definition) is 4. The van der Waals surface area contributed by atoms with Gasteiger partial charge in [0.25, 0.3) is 5.91 Å². The third-order valence-corrected chi connectivity index (χ3v) is 5.65. The molecule has 2 atom stereocenters. The summed E-state index contributed by atoms with van der Waals surface area (Å²) in [5.74, 6) is -2.39.